The van der Waals surface area contributed by atoms with E-state index in [1.165, 1.54) is 6.20 Å². The molecule has 204 valence electrons. The number of amides is 3. The van der Waals surface area contributed by atoms with Gasteiger partial charge in [-0.2, -0.15) is 0 Å². The largest absolute Gasteiger partial charge is 0.406 e. The van der Waals surface area contributed by atoms with Crippen molar-refractivity contribution >= 4 is 29.1 Å². The molecule has 1 aliphatic heterocycles. The maximum atomic E-state index is 12.6. The topological polar surface area (TPSA) is 123 Å². The predicted molar refractivity (Wildman–Crippen MR) is 149 cm³/mol. The fourth-order valence-corrected chi connectivity index (χ4v) is 4.07. The van der Waals surface area contributed by atoms with Gasteiger partial charge in [0.2, 0.25) is 0 Å². The number of aromatic nitrogens is 2. The van der Waals surface area contributed by atoms with Gasteiger partial charge in [-0.1, -0.05) is 25.9 Å². The van der Waals surface area contributed by atoms with Crippen LogP contribution in [0.15, 0.2) is 53.2 Å². The fraction of sp³-hybridized carbons (Fsp3) is 0.379. The standard InChI is InChI=1S/C29H34N6O4/c1-19(2)35-14-12-20(18-35)13-15-38-23-10-11-24(30-17-23)27(36)31-21-6-8-22(9-7-21)32-28(37)33-26-16-25(39-34-26)29(3,4)5/h6-11,16-17,19-20H,12,14,18H2,1-5H3,(H,31,36)(H2,32,33,34,37)/p+1. The highest BCUT2D eigenvalue weighted by Crippen LogP contribution is 2.24. The lowest BCUT2D eigenvalue weighted by atomic mass is 9.93. The van der Waals surface area contributed by atoms with Crippen molar-refractivity contribution in [3.63, 3.8) is 0 Å². The Labute approximate surface area is 228 Å². The average Bonchev–Trinajstić information content (AvgIpc) is 3.56. The first-order valence-electron chi connectivity index (χ1n) is 13.0. The van der Waals surface area contributed by atoms with Gasteiger partial charge in [-0.05, 0) is 56.2 Å². The SMILES string of the molecule is CC(C)[NH+]1CCC(C#COc2ccc(C(=O)Nc3ccc(NC(=O)Nc4cc(C(C)(C)C)on4)cc3)nc2)C1. The van der Waals surface area contributed by atoms with Crippen molar-refractivity contribution in [3.8, 4) is 17.8 Å². The van der Waals surface area contributed by atoms with Gasteiger partial charge in [-0.3, -0.25) is 10.1 Å². The highest BCUT2D eigenvalue weighted by atomic mass is 16.5. The second-order valence-corrected chi connectivity index (χ2v) is 10.9. The molecule has 2 atom stereocenters. The quantitative estimate of drug-likeness (QED) is 0.358. The summed E-state index contributed by atoms with van der Waals surface area (Å²) in [6.07, 6.45) is 5.34. The number of benzene rings is 1. The van der Waals surface area contributed by atoms with Crippen LogP contribution in [0.3, 0.4) is 0 Å². The third-order valence-corrected chi connectivity index (χ3v) is 6.43. The van der Waals surface area contributed by atoms with Crippen LogP contribution in [0.1, 0.15) is 57.3 Å². The van der Waals surface area contributed by atoms with Gasteiger partial charge in [0.15, 0.2) is 11.6 Å². The second kappa shape index (κ2) is 12.0. The van der Waals surface area contributed by atoms with Crippen LogP contribution in [0.25, 0.3) is 0 Å². The number of likely N-dealkylation sites (tertiary alicyclic amines) is 1. The summed E-state index contributed by atoms with van der Waals surface area (Å²) in [7, 11) is 0. The number of urea groups is 1. The molecule has 0 spiro atoms. The van der Waals surface area contributed by atoms with Gasteiger partial charge in [0.05, 0.1) is 31.2 Å². The molecular weight excluding hydrogens is 496 g/mol. The molecule has 1 saturated heterocycles. The monoisotopic (exact) mass is 531 g/mol. The Hall–Kier alpha value is -4.36. The number of hydrogen-bond donors (Lipinski definition) is 4. The van der Waals surface area contributed by atoms with Gasteiger partial charge in [-0.25, -0.2) is 9.78 Å². The molecule has 1 aromatic carbocycles. The van der Waals surface area contributed by atoms with Crippen molar-refractivity contribution in [1.82, 2.24) is 10.1 Å². The molecule has 39 heavy (non-hydrogen) atoms. The number of nitrogens with zero attached hydrogens (tertiary/aromatic N) is 2. The summed E-state index contributed by atoms with van der Waals surface area (Å²) in [5, 5.41) is 12.0. The van der Waals surface area contributed by atoms with Crippen LogP contribution in [-0.4, -0.2) is 41.2 Å². The average molecular weight is 532 g/mol. The zero-order chi connectivity index (χ0) is 28.0. The molecule has 10 nitrogen and oxygen atoms in total. The molecule has 2 unspecified atom stereocenters. The first-order chi connectivity index (χ1) is 18.6. The number of pyridine rings is 1. The lowest BCUT2D eigenvalue weighted by Crippen LogP contribution is -3.13. The highest BCUT2D eigenvalue weighted by molar-refractivity contribution is 6.03. The summed E-state index contributed by atoms with van der Waals surface area (Å²) in [4.78, 5) is 30.6. The first-order valence-corrected chi connectivity index (χ1v) is 13.0. The van der Waals surface area contributed by atoms with Gasteiger partial charge in [0.25, 0.3) is 5.91 Å². The lowest BCUT2D eigenvalue weighted by Gasteiger charge is -2.16. The second-order valence-electron chi connectivity index (χ2n) is 10.9. The number of rotatable bonds is 6. The molecule has 4 rings (SSSR count). The van der Waals surface area contributed by atoms with E-state index in [-0.39, 0.29) is 17.0 Å². The van der Waals surface area contributed by atoms with Crippen molar-refractivity contribution in [2.45, 2.75) is 52.5 Å². The molecule has 0 bridgehead atoms. The molecule has 0 saturated carbocycles. The molecule has 3 amide bonds. The zero-order valence-corrected chi connectivity index (χ0v) is 22.9. The summed E-state index contributed by atoms with van der Waals surface area (Å²) < 4.78 is 10.8. The van der Waals surface area contributed by atoms with Gasteiger partial charge >= 0.3 is 6.03 Å². The van der Waals surface area contributed by atoms with Gasteiger partial charge in [0.1, 0.15) is 17.6 Å². The van der Waals surface area contributed by atoms with Crippen molar-refractivity contribution < 1.29 is 23.7 Å². The molecule has 3 aromatic rings. The molecule has 2 aromatic heterocycles. The van der Waals surface area contributed by atoms with Crippen molar-refractivity contribution in [1.29, 1.82) is 0 Å². The maximum absolute atomic E-state index is 12.6. The molecule has 10 heteroatoms. The molecule has 0 aliphatic carbocycles. The van der Waals surface area contributed by atoms with E-state index in [1.807, 2.05) is 20.8 Å². The Bertz CT molecular complexity index is 1350. The summed E-state index contributed by atoms with van der Waals surface area (Å²) in [5.41, 5.74) is 1.13. The Morgan fingerprint density at radius 2 is 1.79 bits per heavy atom. The van der Waals surface area contributed by atoms with Gasteiger partial charge < -0.3 is 24.8 Å². The van der Waals surface area contributed by atoms with Crippen LogP contribution in [0.5, 0.6) is 5.75 Å². The number of hydrogen-bond acceptors (Lipinski definition) is 6. The van der Waals surface area contributed by atoms with E-state index in [0.717, 1.165) is 19.5 Å². The van der Waals surface area contributed by atoms with E-state index in [9.17, 15) is 9.59 Å². The van der Waals surface area contributed by atoms with Crippen molar-refractivity contribution in [3.05, 3.63) is 60.1 Å². The smallest absolute Gasteiger partial charge is 0.324 e. The molecule has 3 heterocycles. The van der Waals surface area contributed by atoms with Crippen LogP contribution in [0, 0.1) is 17.9 Å². The highest BCUT2D eigenvalue weighted by Gasteiger charge is 2.26. The molecule has 4 N–H and O–H groups in total. The maximum Gasteiger partial charge on any atom is 0.324 e. The third-order valence-electron chi connectivity index (χ3n) is 6.43. The number of anilines is 3. The molecule has 0 radical (unpaired) electrons. The fourth-order valence-electron chi connectivity index (χ4n) is 4.07. The van der Waals surface area contributed by atoms with Gasteiger partial charge in [-0.15, -0.1) is 0 Å². The number of carbonyl (C=O) groups excluding carboxylic acids is 2. The van der Waals surface area contributed by atoms with E-state index in [1.54, 1.807) is 47.4 Å². The third kappa shape index (κ3) is 7.82. The number of ether oxygens (including phenoxy) is 1. The number of quaternary nitrogens is 1. The Kier molecular flexibility index (Phi) is 8.52. The summed E-state index contributed by atoms with van der Waals surface area (Å²) in [6, 6.07) is 11.8. The summed E-state index contributed by atoms with van der Waals surface area (Å²) >= 11 is 0. The van der Waals surface area contributed by atoms with E-state index < -0.39 is 6.03 Å². The molecule has 1 aliphatic rings. The minimum atomic E-state index is -0.460. The first kappa shape index (κ1) is 27.7. The van der Waals surface area contributed by atoms with Crippen LogP contribution in [0.4, 0.5) is 22.0 Å². The summed E-state index contributed by atoms with van der Waals surface area (Å²) in [6.45, 7) is 12.6. The molecular formula is C29H35N6O4+. The number of nitrogens with one attached hydrogen (secondary N) is 4. The van der Waals surface area contributed by atoms with Crippen LogP contribution in [-0.2, 0) is 5.41 Å². The Morgan fingerprint density at radius 3 is 2.38 bits per heavy atom. The van der Waals surface area contributed by atoms with Gasteiger partial charge in [0, 0.05) is 29.3 Å². The number of carbonyl (C=O) groups is 2. The van der Waals surface area contributed by atoms with E-state index in [4.69, 9.17) is 9.26 Å². The minimum absolute atomic E-state index is 0.213. The van der Waals surface area contributed by atoms with Crippen LogP contribution >= 0.6 is 0 Å². The predicted octanol–water partition coefficient (Wildman–Crippen LogP) is 3.92. The van der Waals surface area contributed by atoms with Crippen molar-refractivity contribution in [2.24, 2.45) is 5.92 Å². The van der Waals surface area contributed by atoms with Crippen LogP contribution in [0.2, 0.25) is 0 Å². The Balaban J connectivity index is 1.24. The summed E-state index contributed by atoms with van der Waals surface area (Å²) in [5.74, 6) is 4.63. The minimum Gasteiger partial charge on any atom is -0.406 e. The normalized spacial score (nSPS) is 16.8. The van der Waals surface area contributed by atoms with E-state index in [0.29, 0.717) is 40.7 Å². The lowest BCUT2D eigenvalue weighted by molar-refractivity contribution is -0.910. The van der Waals surface area contributed by atoms with E-state index >= 15 is 0 Å². The van der Waals surface area contributed by atoms with Crippen molar-refractivity contribution in [2.75, 3.05) is 29.0 Å². The van der Waals surface area contributed by atoms with E-state index in [2.05, 4.69) is 52.0 Å². The molecule has 1 fully saturated rings. The van der Waals surface area contributed by atoms with Crippen LogP contribution < -0.4 is 25.6 Å². The zero-order valence-electron chi connectivity index (χ0n) is 22.9. The Morgan fingerprint density at radius 1 is 1.08 bits per heavy atom.